The number of rotatable bonds is 6. The van der Waals surface area contributed by atoms with Gasteiger partial charge in [-0.05, 0) is 59.2 Å². The van der Waals surface area contributed by atoms with Crippen molar-refractivity contribution < 1.29 is 4.42 Å². The molecule has 0 aliphatic rings. The van der Waals surface area contributed by atoms with Crippen molar-refractivity contribution >= 4 is 21.9 Å². The summed E-state index contributed by atoms with van der Waals surface area (Å²) in [5, 5.41) is 2.10. The zero-order chi connectivity index (χ0) is 32.6. The third-order valence-electron chi connectivity index (χ3n) is 8.80. The molecule has 0 atom stereocenters. The van der Waals surface area contributed by atoms with Gasteiger partial charge in [-0.3, -0.25) is 9.97 Å². The molecule has 0 saturated carbocycles. The molecule has 0 aliphatic heterocycles. The van der Waals surface area contributed by atoms with Crippen LogP contribution in [0.2, 0.25) is 0 Å². The number of benzene rings is 4. The number of para-hydroxylation sites is 1. The van der Waals surface area contributed by atoms with E-state index >= 15 is 0 Å². The molecular formula is C44H28N4O. The summed E-state index contributed by atoms with van der Waals surface area (Å²) in [7, 11) is 0. The molecule has 9 aromatic rings. The second-order valence-corrected chi connectivity index (χ2v) is 11.9. The predicted octanol–water partition coefficient (Wildman–Crippen LogP) is 11.2. The van der Waals surface area contributed by atoms with Crippen LogP contribution in [0.1, 0.15) is 0 Å². The van der Waals surface area contributed by atoms with Gasteiger partial charge in [0.15, 0.2) is 5.58 Å². The Labute approximate surface area is 283 Å². The number of pyridine rings is 4. The van der Waals surface area contributed by atoms with E-state index in [1.165, 1.54) is 0 Å². The fraction of sp³-hybridized carbons (Fsp3) is 0. The predicted molar refractivity (Wildman–Crippen MR) is 198 cm³/mol. The first-order valence-corrected chi connectivity index (χ1v) is 16.2. The molecule has 0 bridgehead atoms. The topological polar surface area (TPSA) is 64.7 Å². The summed E-state index contributed by atoms with van der Waals surface area (Å²) in [5.74, 6) is 0.817. The molecule has 0 N–H and O–H groups in total. The molecule has 0 amide bonds. The van der Waals surface area contributed by atoms with Crippen molar-refractivity contribution in [3.63, 3.8) is 0 Å². The van der Waals surface area contributed by atoms with Gasteiger partial charge in [-0.2, -0.15) is 0 Å². The summed E-state index contributed by atoms with van der Waals surface area (Å²) in [6.07, 6.45) is 3.59. The van der Waals surface area contributed by atoms with Gasteiger partial charge in [0, 0.05) is 39.9 Å². The molecule has 9 rings (SSSR count). The van der Waals surface area contributed by atoms with Crippen LogP contribution in [0.25, 0.3) is 89.5 Å². The smallest absolute Gasteiger partial charge is 0.162 e. The first kappa shape index (κ1) is 28.5. The second-order valence-electron chi connectivity index (χ2n) is 11.9. The fourth-order valence-corrected chi connectivity index (χ4v) is 6.49. The molecule has 0 saturated heterocycles. The van der Waals surface area contributed by atoms with E-state index in [1.807, 2.05) is 78.9 Å². The summed E-state index contributed by atoms with van der Waals surface area (Å²) in [4.78, 5) is 19.3. The van der Waals surface area contributed by atoms with Gasteiger partial charge in [-0.25, -0.2) is 9.97 Å². The van der Waals surface area contributed by atoms with Gasteiger partial charge in [0.25, 0.3) is 0 Å². The number of hydrogen-bond acceptors (Lipinski definition) is 5. The maximum absolute atomic E-state index is 6.89. The van der Waals surface area contributed by atoms with Crippen molar-refractivity contribution in [2.24, 2.45) is 0 Å². The average Bonchev–Trinajstić information content (AvgIpc) is 3.60. The monoisotopic (exact) mass is 628 g/mol. The first-order chi connectivity index (χ1) is 24.3. The minimum Gasteiger partial charge on any atom is -0.453 e. The summed E-state index contributed by atoms with van der Waals surface area (Å²) in [6.45, 7) is 0. The molecule has 4 aromatic carbocycles. The van der Waals surface area contributed by atoms with Crippen molar-refractivity contribution in [1.82, 2.24) is 19.9 Å². The lowest BCUT2D eigenvalue weighted by molar-refractivity contribution is 0.632. The van der Waals surface area contributed by atoms with E-state index in [-0.39, 0.29) is 0 Å². The number of fused-ring (bicyclic) bond motifs is 3. The Morgan fingerprint density at radius 2 is 0.980 bits per heavy atom. The van der Waals surface area contributed by atoms with Gasteiger partial charge in [0.1, 0.15) is 11.5 Å². The second kappa shape index (κ2) is 12.1. The Balaban J connectivity index is 1.25. The van der Waals surface area contributed by atoms with E-state index in [9.17, 15) is 0 Å². The Morgan fingerprint density at radius 3 is 1.61 bits per heavy atom. The summed E-state index contributed by atoms with van der Waals surface area (Å²) in [6, 6.07) is 53.6. The Kier molecular flexibility index (Phi) is 7.06. The van der Waals surface area contributed by atoms with Crippen molar-refractivity contribution in [1.29, 1.82) is 0 Å². The molecule has 0 fully saturated rings. The largest absolute Gasteiger partial charge is 0.453 e. The highest BCUT2D eigenvalue weighted by atomic mass is 16.3. The van der Waals surface area contributed by atoms with Crippen molar-refractivity contribution in [2.75, 3.05) is 0 Å². The minimum absolute atomic E-state index is 0.775. The van der Waals surface area contributed by atoms with E-state index in [0.29, 0.717) is 0 Å². The van der Waals surface area contributed by atoms with Crippen LogP contribution in [0, 0.1) is 0 Å². The molecule has 0 aliphatic carbocycles. The fourth-order valence-electron chi connectivity index (χ4n) is 6.49. The van der Waals surface area contributed by atoms with Gasteiger partial charge in [0.2, 0.25) is 0 Å². The maximum Gasteiger partial charge on any atom is 0.162 e. The van der Waals surface area contributed by atoms with Crippen LogP contribution >= 0.6 is 0 Å². The number of hydrogen-bond donors (Lipinski definition) is 0. The number of aromatic nitrogens is 4. The Bertz CT molecular complexity index is 2510. The molecule has 5 aromatic heterocycles. The molecule has 0 spiro atoms. The molecule has 0 radical (unpaired) electrons. The van der Waals surface area contributed by atoms with Crippen molar-refractivity contribution in [3.05, 3.63) is 170 Å². The summed E-state index contributed by atoms with van der Waals surface area (Å²) < 4.78 is 6.89. The lowest BCUT2D eigenvalue weighted by Gasteiger charge is -2.11. The van der Waals surface area contributed by atoms with E-state index in [2.05, 4.69) is 88.8 Å². The standard InChI is InChI=1S/C44H28N4O/c1-3-13-31(14-4-1)42-44-41(34-17-7-8-18-35(34)48-42)40(43(49-44)32-15-5-2-6-16-32)30-23-21-29(22-24-30)33-27-38(36-19-9-11-25-45-36)47-39(28-33)37-20-10-12-26-46-37/h1-28H. The quantitative estimate of drug-likeness (QED) is 0.183. The van der Waals surface area contributed by atoms with Crippen LogP contribution in [0.3, 0.4) is 0 Å². The molecule has 0 unspecified atom stereocenters. The van der Waals surface area contributed by atoms with Crippen LogP contribution in [-0.2, 0) is 0 Å². The summed E-state index contributed by atoms with van der Waals surface area (Å²) >= 11 is 0. The molecule has 5 nitrogen and oxygen atoms in total. The van der Waals surface area contributed by atoms with Crippen LogP contribution in [0.5, 0.6) is 0 Å². The van der Waals surface area contributed by atoms with E-state index in [1.54, 1.807) is 12.4 Å². The van der Waals surface area contributed by atoms with Crippen molar-refractivity contribution in [3.8, 4) is 67.6 Å². The van der Waals surface area contributed by atoms with E-state index in [0.717, 1.165) is 89.5 Å². The van der Waals surface area contributed by atoms with Gasteiger partial charge in [-0.15, -0.1) is 0 Å². The molecule has 49 heavy (non-hydrogen) atoms. The molecule has 5 heterocycles. The Hall–Kier alpha value is -6.72. The van der Waals surface area contributed by atoms with Gasteiger partial charge in [0.05, 0.1) is 28.3 Å². The van der Waals surface area contributed by atoms with Gasteiger partial charge < -0.3 is 4.42 Å². The number of nitrogens with zero attached hydrogens (tertiary/aromatic N) is 4. The van der Waals surface area contributed by atoms with Crippen LogP contribution < -0.4 is 0 Å². The van der Waals surface area contributed by atoms with Gasteiger partial charge >= 0.3 is 0 Å². The first-order valence-electron chi connectivity index (χ1n) is 16.2. The highest BCUT2D eigenvalue weighted by Crippen LogP contribution is 2.46. The molecular weight excluding hydrogens is 601 g/mol. The minimum atomic E-state index is 0.775. The van der Waals surface area contributed by atoms with E-state index < -0.39 is 0 Å². The summed E-state index contributed by atoms with van der Waals surface area (Å²) in [5.41, 5.74) is 12.0. The zero-order valence-electron chi connectivity index (χ0n) is 26.4. The normalized spacial score (nSPS) is 11.3. The number of furan rings is 1. The third-order valence-corrected chi connectivity index (χ3v) is 8.80. The van der Waals surface area contributed by atoms with Crippen molar-refractivity contribution in [2.45, 2.75) is 0 Å². The average molecular weight is 629 g/mol. The zero-order valence-corrected chi connectivity index (χ0v) is 26.4. The van der Waals surface area contributed by atoms with Crippen LogP contribution in [0.4, 0.5) is 0 Å². The third kappa shape index (κ3) is 5.24. The van der Waals surface area contributed by atoms with Crippen LogP contribution in [-0.4, -0.2) is 19.9 Å². The highest BCUT2D eigenvalue weighted by molar-refractivity contribution is 6.18. The lowest BCUT2D eigenvalue weighted by atomic mass is 9.94. The lowest BCUT2D eigenvalue weighted by Crippen LogP contribution is -1.94. The van der Waals surface area contributed by atoms with E-state index in [4.69, 9.17) is 14.4 Å². The molecule has 230 valence electrons. The Morgan fingerprint density at radius 1 is 0.408 bits per heavy atom. The van der Waals surface area contributed by atoms with Gasteiger partial charge in [-0.1, -0.05) is 115 Å². The highest BCUT2D eigenvalue weighted by Gasteiger charge is 2.24. The molecule has 5 heteroatoms. The van der Waals surface area contributed by atoms with Crippen LogP contribution in [0.15, 0.2) is 175 Å². The maximum atomic E-state index is 6.89. The SMILES string of the molecule is c1ccc(-c2oc3c(-c4ccccc4)nc4ccccc4c3c2-c2ccc(-c3cc(-c4ccccn4)nc(-c4ccccn4)c3)cc2)cc1.